The maximum Gasteiger partial charge on any atom is 0.344 e. The molecule has 0 spiro atoms. The number of benzene rings is 1. The highest BCUT2D eigenvalue weighted by Crippen LogP contribution is 2.29. The Bertz CT molecular complexity index is 466. The van der Waals surface area contributed by atoms with Crippen LogP contribution < -0.4 is 4.74 Å². The molecule has 0 heterocycles. The third-order valence-corrected chi connectivity index (χ3v) is 2.13. The molecule has 0 radical (unpaired) electrons. The van der Waals surface area contributed by atoms with Gasteiger partial charge in [0.15, 0.2) is 18.1 Å². The molecule has 6 heteroatoms. The molecular formula is C13H16O6. The van der Waals surface area contributed by atoms with Crippen molar-refractivity contribution in [2.75, 3.05) is 13.7 Å². The summed E-state index contributed by atoms with van der Waals surface area (Å²) in [5.74, 6) is -1.64. The number of rotatable bonds is 5. The molecule has 0 amide bonds. The van der Waals surface area contributed by atoms with Crippen molar-refractivity contribution in [1.82, 2.24) is 0 Å². The number of carbonyl (C=O) groups is 2. The van der Waals surface area contributed by atoms with E-state index >= 15 is 0 Å². The highest BCUT2D eigenvalue weighted by molar-refractivity contribution is 5.94. The van der Waals surface area contributed by atoms with Crippen LogP contribution in [0.3, 0.4) is 0 Å². The van der Waals surface area contributed by atoms with E-state index < -0.39 is 18.5 Å². The second-order valence-corrected chi connectivity index (χ2v) is 3.97. The largest absolute Gasteiger partial charge is 0.504 e. The van der Waals surface area contributed by atoms with E-state index in [1.807, 2.05) is 0 Å². The summed E-state index contributed by atoms with van der Waals surface area (Å²) in [6, 6.07) is 4.40. The van der Waals surface area contributed by atoms with Gasteiger partial charge in [0, 0.05) is 0 Å². The average Bonchev–Trinajstić information content (AvgIpc) is 2.35. The Morgan fingerprint density at radius 3 is 2.58 bits per heavy atom. The number of methoxy groups -OCH3 is 1. The van der Waals surface area contributed by atoms with Crippen LogP contribution in [0.1, 0.15) is 24.2 Å². The molecule has 0 aliphatic heterocycles. The molecule has 0 saturated carbocycles. The molecule has 6 nitrogen and oxygen atoms in total. The first kappa shape index (κ1) is 14.8. The molecule has 1 aromatic rings. The zero-order valence-electron chi connectivity index (χ0n) is 11.0. The Morgan fingerprint density at radius 2 is 2.00 bits per heavy atom. The van der Waals surface area contributed by atoms with Crippen LogP contribution in [0, 0.1) is 0 Å². The molecule has 104 valence electrons. The Morgan fingerprint density at radius 1 is 1.32 bits per heavy atom. The number of hydrogen-bond acceptors (Lipinski definition) is 6. The van der Waals surface area contributed by atoms with Crippen molar-refractivity contribution in [3.05, 3.63) is 23.8 Å². The molecule has 1 rings (SSSR count). The molecule has 0 aliphatic carbocycles. The molecule has 0 saturated heterocycles. The topological polar surface area (TPSA) is 82.1 Å². The number of aromatic hydroxyl groups is 1. The predicted octanol–water partition coefficient (Wildman–Crippen LogP) is 1.51. The van der Waals surface area contributed by atoms with Gasteiger partial charge in [-0.05, 0) is 26.0 Å². The first-order valence-electron chi connectivity index (χ1n) is 5.68. The lowest BCUT2D eigenvalue weighted by Gasteiger charge is -2.10. The van der Waals surface area contributed by atoms with Crippen molar-refractivity contribution in [1.29, 1.82) is 0 Å². The number of phenols is 1. The second-order valence-electron chi connectivity index (χ2n) is 3.97. The van der Waals surface area contributed by atoms with Crippen molar-refractivity contribution in [2.45, 2.75) is 20.0 Å². The van der Waals surface area contributed by atoms with Gasteiger partial charge in [0.2, 0.25) is 0 Å². The lowest BCUT2D eigenvalue weighted by atomic mass is 10.2. The highest BCUT2D eigenvalue weighted by atomic mass is 16.6. The van der Waals surface area contributed by atoms with Crippen LogP contribution in [0.5, 0.6) is 11.5 Å². The summed E-state index contributed by atoms with van der Waals surface area (Å²) in [7, 11) is 1.37. The van der Waals surface area contributed by atoms with E-state index in [1.54, 1.807) is 13.8 Å². The molecule has 19 heavy (non-hydrogen) atoms. The summed E-state index contributed by atoms with van der Waals surface area (Å²) in [6.45, 7) is 2.87. The maximum absolute atomic E-state index is 11.7. The number of hydrogen-bond donors (Lipinski definition) is 1. The quantitative estimate of drug-likeness (QED) is 0.815. The van der Waals surface area contributed by atoms with E-state index in [4.69, 9.17) is 14.2 Å². The van der Waals surface area contributed by atoms with Gasteiger partial charge >= 0.3 is 11.9 Å². The monoisotopic (exact) mass is 268 g/mol. The van der Waals surface area contributed by atoms with Crippen molar-refractivity contribution >= 4 is 11.9 Å². The second kappa shape index (κ2) is 6.63. The van der Waals surface area contributed by atoms with Crippen LogP contribution in [-0.4, -0.2) is 36.9 Å². The third kappa shape index (κ3) is 4.17. The van der Waals surface area contributed by atoms with Gasteiger partial charge in [-0.1, -0.05) is 6.07 Å². The Labute approximate surface area is 110 Å². The summed E-state index contributed by atoms with van der Waals surface area (Å²) in [4.78, 5) is 22.9. The minimum Gasteiger partial charge on any atom is -0.504 e. The molecule has 0 aromatic heterocycles. The van der Waals surface area contributed by atoms with E-state index in [0.717, 1.165) is 0 Å². The van der Waals surface area contributed by atoms with Crippen LogP contribution in [-0.2, 0) is 14.3 Å². The fourth-order valence-electron chi connectivity index (χ4n) is 1.35. The van der Waals surface area contributed by atoms with Gasteiger partial charge in [0.1, 0.15) is 5.56 Å². The first-order valence-corrected chi connectivity index (χ1v) is 5.68. The Hall–Kier alpha value is -2.24. The fourth-order valence-corrected chi connectivity index (χ4v) is 1.35. The Balaban J connectivity index is 2.66. The lowest BCUT2D eigenvalue weighted by molar-refractivity contribution is -0.150. The zero-order valence-corrected chi connectivity index (χ0v) is 11.0. The van der Waals surface area contributed by atoms with Gasteiger partial charge in [-0.3, -0.25) is 0 Å². The summed E-state index contributed by atoms with van der Waals surface area (Å²) >= 11 is 0. The van der Waals surface area contributed by atoms with Crippen LogP contribution in [0.2, 0.25) is 0 Å². The molecular weight excluding hydrogens is 252 g/mol. The number of carbonyl (C=O) groups excluding carboxylic acids is 2. The van der Waals surface area contributed by atoms with E-state index in [0.29, 0.717) is 0 Å². The van der Waals surface area contributed by atoms with Gasteiger partial charge in [-0.25, -0.2) is 9.59 Å². The number of phenolic OH excluding ortho intramolecular Hbond substituents is 1. The van der Waals surface area contributed by atoms with Crippen molar-refractivity contribution in [3.8, 4) is 11.5 Å². The SMILES string of the molecule is COc1cccc(C(=O)OCC(=O)OC(C)C)c1O. The molecule has 0 atom stereocenters. The smallest absolute Gasteiger partial charge is 0.344 e. The van der Waals surface area contributed by atoms with Crippen molar-refractivity contribution < 1.29 is 28.9 Å². The first-order chi connectivity index (χ1) is 8.95. The van der Waals surface area contributed by atoms with Crippen molar-refractivity contribution in [2.24, 2.45) is 0 Å². The summed E-state index contributed by atoms with van der Waals surface area (Å²) in [6.07, 6.45) is -0.281. The maximum atomic E-state index is 11.7. The minimum absolute atomic E-state index is 0.0725. The predicted molar refractivity (Wildman–Crippen MR) is 66.2 cm³/mol. The Kier molecular flexibility index (Phi) is 5.17. The number of para-hydroxylation sites is 1. The summed E-state index contributed by atoms with van der Waals surface area (Å²) in [5, 5.41) is 9.73. The van der Waals surface area contributed by atoms with E-state index in [1.165, 1.54) is 25.3 Å². The van der Waals surface area contributed by atoms with Crippen LogP contribution in [0.15, 0.2) is 18.2 Å². The van der Waals surface area contributed by atoms with Gasteiger partial charge in [-0.15, -0.1) is 0 Å². The molecule has 1 aromatic carbocycles. The van der Waals surface area contributed by atoms with Crippen molar-refractivity contribution in [3.63, 3.8) is 0 Å². The van der Waals surface area contributed by atoms with E-state index in [9.17, 15) is 14.7 Å². The van der Waals surface area contributed by atoms with Gasteiger partial charge in [0.05, 0.1) is 13.2 Å². The average molecular weight is 268 g/mol. The van der Waals surface area contributed by atoms with E-state index in [-0.39, 0.29) is 23.2 Å². The van der Waals surface area contributed by atoms with Crippen LogP contribution in [0.4, 0.5) is 0 Å². The van der Waals surface area contributed by atoms with Gasteiger partial charge in [0.25, 0.3) is 0 Å². The molecule has 0 unspecified atom stereocenters. The zero-order chi connectivity index (χ0) is 14.4. The number of ether oxygens (including phenoxy) is 3. The standard InChI is InChI=1S/C13H16O6/c1-8(2)19-11(14)7-18-13(16)9-5-4-6-10(17-3)12(9)15/h4-6,8,15H,7H2,1-3H3. The van der Waals surface area contributed by atoms with Crippen LogP contribution in [0.25, 0.3) is 0 Å². The van der Waals surface area contributed by atoms with E-state index in [2.05, 4.69) is 0 Å². The van der Waals surface area contributed by atoms with Crippen LogP contribution >= 0.6 is 0 Å². The minimum atomic E-state index is -0.822. The normalized spacial score (nSPS) is 10.1. The highest BCUT2D eigenvalue weighted by Gasteiger charge is 2.17. The summed E-state index contributed by atoms with van der Waals surface area (Å²) in [5.41, 5.74) is -0.0725. The third-order valence-electron chi connectivity index (χ3n) is 2.13. The lowest BCUT2D eigenvalue weighted by Crippen LogP contribution is -2.19. The molecule has 0 bridgehead atoms. The fraction of sp³-hybridized carbons (Fsp3) is 0.385. The number of esters is 2. The molecule has 0 aliphatic rings. The molecule has 1 N–H and O–H groups in total. The van der Waals surface area contributed by atoms with Gasteiger partial charge < -0.3 is 19.3 Å². The van der Waals surface area contributed by atoms with Gasteiger partial charge in [-0.2, -0.15) is 0 Å². The summed E-state index contributed by atoms with van der Waals surface area (Å²) < 4.78 is 14.4. The molecule has 0 fully saturated rings.